The number of amides is 8. The first-order valence-corrected chi connectivity index (χ1v) is 28.3. The van der Waals surface area contributed by atoms with E-state index in [0.717, 1.165) is 42.9 Å². The molecule has 7 N–H and O–H groups in total. The number of carbonyl (C=O) groups is 9. The van der Waals surface area contributed by atoms with Gasteiger partial charge in [0.15, 0.2) is 5.78 Å². The Hall–Kier alpha value is -8.53. The Morgan fingerprint density at radius 2 is 1.54 bits per heavy atom. The Labute approximate surface area is 474 Å². The molecule has 4 aromatic carbocycles. The standard InChI is InChI=1S/C63H68F2N8O9/c1-63(64,65)42-23-26-48-41(33-42)34-51(68-48)58(78)70-50-27-24-43(67-56(76)22-13-5-3-2-4-8-19-40-20-14-21-45-47(40)37-72(61(45)81)52-30-32-57(77)71-59(52)79)35-44-25-29-53(73(44)62(50)82)60(80)69-49(28-31-55(66)75)54(74)36-46(38-15-9-6-10-16-38)39-17-11-7-12-18-39/h6-7,9-12,14-18,20-21,23,26,33-34,43-44,46,49-50,52-53,68H,2-5,13,22,24-25,27-32,35-37H2,1H3,(H2,66,75)(H,67,76)(H,69,80)(H,70,78)(H,71,77,79)/t43-,44-,49+,50+,52?,53+/m1/s1. The van der Waals surface area contributed by atoms with E-state index in [4.69, 9.17) is 5.73 Å². The van der Waals surface area contributed by atoms with Gasteiger partial charge < -0.3 is 36.5 Å². The van der Waals surface area contributed by atoms with E-state index in [1.807, 2.05) is 66.7 Å². The number of piperidine rings is 1. The average Bonchev–Trinajstić information content (AvgIpc) is 4.40. The number of aromatic amines is 1. The second-order valence-corrected chi connectivity index (χ2v) is 22.0. The number of Topliss-reactive ketones (excluding diaryl/α,β-unsaturated/α-hetero) is 1. The molecular weight excluding hydrogens is 1050 g/mol. The summed E-state index contributed by atoms with van der Waals surface area (Å²) in [6.45, 7) is 1.02. The minimum atomic E-state index is -3.12. The van der Waals surface area contributed by atoms with Crippen LogP contribution in [0.5, 0.6) is 0 Å². The monoisotopic (exact) mass is 1120 g/mol. The molecule has 0 saturated carbocycles. The summed E-state index contributed by atoms with van der Waals surface area (Å²) in [5, 5.41) is 11.6. The molecule has 1 unspecified atom stereocenters. The summed E-state index contributed by atoms with van der Waals surface area (Å²) in [6, 6.07) is 24.7. The normalized spacial score (nSPS) is 20.2. The highest BCUT2D eigenvalue weighted by molar-refractivity contribution is 6.06. The van der Waals surface area contributed by atoms with Crippen LogP contribution in [-0.4, -0.2) is 104 Å². The fourth-order valence-electron chi connectivity index (χ4n) is 11.9. The van der Waals surface area contributed by atoms with Gasteiger partial charge in [-0.25, -0.2) is 8.78 Å². The highest BCUT2D eigenvalue weighted by Gasteiger charge is 2.47. The third-order valence-corrected chi connectivity index (χ3v) is 16.2. The minimum Gasteiger partial charge on any atom is -0.370 e. The molecule has 0 radical (unpaired) electrons. The van der Waals surface area contributed by atoms with E-state index >= 15 is 0 Å². The van der Waals surface area contributed by atoms with Crippen molar-refractivity contribution in [1.29, 1.82) is 0 Å². The number of nitrogens with two attached hydrogens (primary N) is 1. The smallest absolute Gasteiger partial charge is 0.270 e. The maximum atomic E-state index is 14.9. The molecule has 1 aromatic heterocycles. The lowest BCUT2D eigenvalue weighted by atomic mass is 9.85. The first kappa shape index (κ1) is 58.1. The number of imide groups is 1. The van der Waals surface area contributed by atoms with Crippen LogP contribution in [0.15, 0.2) is 103 Å². The number of ketones is 1. The summed E-state index contributed by atoms with van der Waals surface area (Å²) in [6.07, 6.45) is 5.23. The number of nitrogens with zero attached hydrogens (tertiary/aromatic N) is 2. The molecule has 3 saturated heterocycles. The Morgan fingerprint density at radius 3 is 2.24 bits per heavy atom. The molecule has 5 heterocycles. The summed E-state index contributed by atoms with van der Waals surface area (Å²) >= 11 is 0. The van der Waals surface area contributed by atoms with Crippen LogP contribution in [0.25, 0.3) is 10.9 Å². The highest BCUT2D eigenvalue weighted by atomic mass is 19.3. The van der Waals surface area contributed by atoms with Gasteiger partial charge in [0.1, 0.15) is 23.8 Å². The number of fused-ring (bicyclic) bond motifs is 3. The molecule has 428 valence electrons. The van der Waals surface area contributed by atoms with Gasteiger partial charge in [-0.15, -0.1) is 0 Å². The molecular formula is C63H68F2N8O9. The van der Waals surface area contributed by atoms with Crippen LogP contribution in [0.3, 0.4) is 0 Å². The van der Waals surface area contributed by atoms with Gasteiger partial charge in [0, 0.05) is 91.2 Å². The van der Waals surface area contributed by atoms with Crippen molar-refractivity contribution in [3.05, 3.63) is 142 Å². The summed E-state index contributed by atoms with van der Waals surface area (Å²) in [5.74, 6) is -1.15. The molecule has 4 aliphatic heterocycles. The molecule has 0 aliphatic carbocycles. The molecule has 0 bridgehead atoms. The van der Waals surface area contributed by atoms with Crippen molar-refractivity contribution in [1.82, 2.24) is 36.1 Å². The molecule has 19 heteroatoms. The predicted octanol–water partition coefficient (Wildman–Crippen LogP) is 7.10. The maximum Gasteiger partial charge on any atom is 0.270 e. The van der Waals surface area contributed by atoms with Gasteiger partial charge in [0.25, 0.3) is 17.7 Å². The number of benzene rings is 4. The number of H-pyrrole nitrogens is 1. The minimum absolute atomic E-state index is 0.00788. The molecule has 5 aromatic rings. The van der Waals surface area contributed by atoms with Gasteiger partial charge in [-0.05, 0) is 105 Å². The molecule has 9 rings (SSSR count). The van der Waals surface area contributed by atoms with Crippen molar-refractivity contribution in [3.63, 3.8) is 0 Å². The van der Waals surface area contributed by atoms with Crippen LogP contribution < -0.4 is 27.0 Å². The van der Waals surface area contributed by atoms with Crippen molar-refractivity contribution < 1.29 is 51.9 Å². The van der Waals surface area contributed by atoms with Crippen molar-refractivity contribution in [3.8, 4) is 11.8 Å². The van der Waals surface area contributed by atoms with Gasteiger partial charge in [-0.2, -0.15) is 0 Å². The van der Waals surface area contributed by atoms with Crippen molar-refractivity contribution in [2.24, 2.45) is 5.73 Å². The van der Waals surface area contributed by atoms with Crippen molar-refractivity contribution in [2.75, 3.05) is 0 Å². The maximum absolute atomic E-state index is 14.9. The molecule has 17 nitrogen and oxygen atoms in total. The SMILES string of the molecule is CC(F)(F)c1ccc2[nH]c(C(=O)N[C@H]3CC[C@@H](NC(=O)CCCCCCC#Cc4cccc5c4CN(C4CCC(=O)NC4=O)C5=O)C[C@H]4CC[C@@H](C(=O)N[C@@H](CCC(N)=O)C(=O)CC(c5ccccc5)c5ccccc5)N4C3=O)cc2c1. The largest absolute Gasteiger partial charge is 0.370 e. The molecule has 3 fully saturated rings. The van der Waals surface area contributed by atoms with Crippen LogP contribution in [0.1, 0.15) is 164 Å². The number of hydrogen-bond donors (Lipinski definition) is 6. The van der Waals surface area contributed by atoms with Crippen molar-refractivity contribution >= 4 is 63.9 Å². The van der Waals surface area contributed by atoms with E-state index in [2.05, 4.69) is 38.1 Å². The topological polar surface area (TPSA) is 250 Å². The van der Waals surface area contributed by atoms with E-state index < -0.39 is 71.7 Å². The highest BCUT2D eigenvalue weighted by Crippen LogP contribution is 2.35. The number of rotatable bonds is 21. The Morgan fingerprint density at radius 1 is 0.805 bits per heavy atom. The van der Waals surface area contributed by atoms with Gasteiger partial charge in [-0.1, -0.05) is 97.5 Å². The van der Waals surface area contributed by atoms with E-state index in [1.165, 1.54) is 34.1 Å². The lowest BCUT2D eigenvalue weighted by Gasteiger charge is -2.38. The lowest BCUT2D eigenvalue weighted by Crippen LogP contribution is -2.59. The fraction of sp³-hybridized carbons (Fsp3) is 0.413. The number of unbranched alkanes of at least 4 members (excludes halogenated alkanes) is 4. The summed E-state index contributed by atoms with van der Waals surface area (Å²) in [5.41, 5.74) is 9.55. The van der Waals surface area contributed by atoms with E-state index in [1.54, 1.807) is 12.1 Å². The second kappa shape index (κ2) is 25.9. The van der Waals surface area contributed by atoms with E-state index in [-0.39, 0.29) is 98.6 Å². The van der Waals surface area contributed by atoms with E-state index in [9.17, 15) is 51.9 Å². The zero-order valence-corrected chi connectivity index (χ0v) is 45.8. The van der Waals surface area contributed by atoms with Gasteiger partial charge >= 0.3 is 0 Å². The lowest BCUT2D eigenvalue weighted by molar-refractivity contribution is -0.143. The quantitative estimate of drug-likeness (QED) is 0.0249. The Kier molecular flexibility index (Phi) is 18.4. The Bertz CT molecular complexity index is 3270. The van der Waals surface area contributed by atoms with Gasteiger partial charge in [0.05, 0.1) is 6.04 Å². The molecule has 8 amide bonds. The third kappa shape index (κ3) is 14.0. The molecule has 0 spiro atoms. The van der Waals surface area contributed by atoms with Crippen LogP contribution in [0, 0.1) is 11.8 Å². The first-order valence-electron chi connectivity index (χ1n) is 28.3. The van der Waals surface area contributed by atoms with Crippen molar-refractivity contribution in [2.45, 2.75) is 164 Å². The van der Waals surface area contributed by atoms with Gasteiger partial charge in [0.2, 0.25) is 35.4 Å². The number of hydrogen-bond acceptors (Lipinski definition) is 9. The summed E-state index contributed by atoms with van der Waals surface area (Å²) < 4.78 is 28.5. The Balaban J connectivity index is 0.844. The number of primary amides is 1. The van der Waals surface area contributed by atoms with Crippen LogP contribution >= 0.6 is 0 Å². The number of aromatic nitrogens is 1. The molecule has 82 heavy (non-hydrogen) atoms. The fourth-order valence-corrected chi connectivity index (χ4v) is 11.9. The predicted molar refractivity (Wildman–Crippen MR) is 300 cm³/mol. The number of halogens is 2. The third-order valence-electron chi connectivity index (χ3n) is 16.2. The number of alkyl halides is 2. The number of carbonyl (C=O) groups excluding carboxylic acids is 9. The number of nitrogens with one attached hydrogen (secondary N) is 5. The van der Waals surface area contributed by atoms with E-state index in [0.29, 0.717) is 54.1 Å². The summed E-state index contributed by atoms with van der Waals surface area (Å²) in [4.78, 5) is 127. The second-order valence-electron chi connectivity index (χ2n) is 22.0. The average molecular weight is 1120 g/mol. The van der Waals surface area contributed by atoms with Crippen LogP contribution in [-0.2, 0) is 46.0 Å². The zero-order valence-electron chi connectivity index (χ0n) is 45.8. The van der Waals surface area contributed by atoms with Gasteiger partial charge in [-0.3, -0.25) is 48.5 Å². The van der Waals surface area contributed by atoms with Crippen LogP contribution in [0.2, 0.25) is 0 Å². The van der Waals surface area contributed by atoms with Crippen LogP contribution in [0.4, 0.5) is 8.78 Å². The first-order chi connectivity index (χ1) is 39.4. The molecule has 4 aliphatic rings. The summed E-state index contributed by atoms with van der Waals surface area (Å²) in [7, 11) is 0. The zero-order chi connectivity index (χ0) is 58.1. The molecule has 6 atom stereocenters.